The number of aryl methyl sites for hydroxylation is 2. The van der Waals surface area contributed by atoms with Gasteiger partial charge >= 0.3 is 0 Å². The van der Waals surface area contributed by atoms with Crippen molar-refractivity contribution in [1.82, 2.24) is 4.72 Å². The summed E-state index contributed by atoms with van der Waals surface area (Å²) in [6.45, 7) is 5.62. The standard InChI is InChI=1S/C12H20N2O3S.ClH/c1-8-5-9(2)12(17-4)11(6-8)18(15,16)14-10(3)7-13;/h5-6,10,14H,7,13H2,1-4H3;1H/t10-;/m1./s1. The summed E-state index contributed by atoms with van der Waals surface area (Å²) in [5.41, 5.74) is 7.09. The molecule has 0 radical (unpaired) electrons. The third-order valence-electron chi connectivity index (χ3n) is 2.59. The van der Waals surface area contributed by atoms with Gasteiger partial charge in [0, 0.05) is 12.6 Å². The minimum Gasteiger partial charge on any atom is -0.495 e. The van der Waals surface area contributed by atoms with Crippen molar-refractivity contribution in [3.8, 4) is 5.75 Å². The molecule has 1 aromatic rings. The van der Waals surface area contributed by atoms with Gasteiger partial charge in [-0.1, -0.05) is 6.07 Å². The van der Waals surface area contributed by atoms with Gasteiger partial charge in [0.2, 0.25) is 10.0 Å². The van der Waals surface area contributed by atoms with E-state index in [9.17, 15) is 8.42 Å². The Bertz CT molecular complexity index is 532. The van der Waals surface area contributed by atoms with Gasteiger partial charge in [-0.2, -0.15) is 0 Å². The van der Waals surface area contributed by atoms with Crippen molar-refractivity contribution in [2.75, 3.05) is 13.7 Å². The maximum Gasteiger partial charge on any atom is 0.244 e. The second-order valence-electron chi connectivity index (χ2n) is 4.37. The number of rotatable bonds is 5. The fourth-order valence-corrected chi connectivity index (χ4v) is 3.34. The smallest absolute Gasteiger partial charge is 0.244 e. The van der Waals surface area contributed by atoms with Crippen molar-refractivity contribution in [2.45, 2.75) is 31.7 Å². The van der Waals surface area contributed by atoms with Gasteiger partial charge in [0.05, 0.1) is 7.11 Å². The molecule has 19 heavy (non-hydrogen) atoms. The predicted molar refractivity (Wildman–Crippen MR) is 78.6 cm³/mol. The summed E-state index contributed by atoms with van der Waals surface area (Å²) in [5, 5.41) is 0. The maximum absolute atomic E-state index is 12.2. The molecule has 0 saturated heterocycles. The molecule has 0 spiro atoms. The van der Waals surface area contributed by atoms with E-state index in [1.165, 1.54) is 7.11 Å². The summed E-state index contributed by atoms with van der Waals surface area (Å²) in [7, 11) is -2.15. The molecular formula is C12H21ClN2O3S. The van der Waals surface area contributed by atoms with Gasteiger partial charge < -0.3 is 10.5 Å². The first-order valence-corrected chi connectivity index (χ1v) is 7.17. The molecule has 0 aliphatic rings. The lowest BCUT2D eigenvalue weighted by molar-refractivity contribution is 0.398. The molecule has 5 nitrogen and oxygen atoms in total. The molecule has 0 aliphatic carbocycles. The summed E-state index contributed by atoms with van der Waals surface area (Å²) in [6.07, 6.45) is 0. The van der Waals surface area contributed by atoms with E-state index in [1.54, 1.807) is 13.0 Å². The number of nitrogens with one attached hydrogen (secondary N) is 1. The highest BCUT2D eigenvalue weighted by atomic mass is 35.5. The van der Waals surface area contributed by atoms with Gasteiger partial charge in [0.15, 0.2) is 0 Å². The van der Waals surface area contributed by atoms with Crippen LogP contribution in [0.2, 0.25) is 0 Å². The number of methoxy groups -OCH3 is 1. The second-order valence-corrected chi connectivity index (χ2v) is 6.05. The zero-order valence-electron chi connectivity index (χ0n) is 11.6. The summed E-state index contributed by atoms with van der Waals surface area (Å²) in [6, 6.07) is 3.15. The van der Waals surface area contributed by atoms with Crippen LogP contribution in [0.4, 0.5) is 0 Å². The van der Waals surface area contributed by atoms with E-state index < -0.39 is 10.0 Å². The fourth-order valence-electron chi connectivity index (χ4n) is 1.75. The largest absolute Gasteiger partial charge is 0.495 e. The van der Waals surface area contributed by atoms with Crippen LogP contribution in [0.1, 0.15) is 18.1 Å². The molecule has 7 heteroatoms. The zero-order chi connectivity index (χ0) is 13.9. The van der Waals surface area contributed by atoms with E-state index in [0.29, 0.717) is 5.75 Å². The molecule has 0 aromatic heterocycles. The Morgan fingerprint density at radius 3 is 2.42 bits per heavy atom. The summed E-state index contributed by atoms with van der Waals surface area (Å²) >= 11 is 0. The third-order valence-corrected chi connectivity index (χ3v) is 4.18. The molecule has 0 amide bonds. The highest BCUT2D eigenvalue weighted by Gasteiger charge is 2.22. The molecule has 0 aliphatic heterocycles. The Labute approximate surface area is 121 Å². The van der Waals surface area contributed by atoms with Gasteiger partial charge in [0.1, 0.15) is 10.6 Å². The first-order chi connectivity index (χ1) is 8.31. The van der Waals surface area contributed by atoms with E-state index in [-0.39, 0.29) is 29.9 Å². The van der Waals surface area contributed by atoms with Crippen molar-refractivity contribution in [2.24, 2.45) is 5.73 Å². The lowest BCUT2D eigenvalue weighted by Crippen LogP contribution is -2.37. The van der Waals surface area contributed by atoms with Gasteiger partial charge in [0.25, 0.3) is 0 Å². The van der Waals surface area contributed by atoms with E-state index in [4.69, 9.17) is 10.5 Å². The summed E-state index contributed by atoms with van der Waals surface area (Å²) in [4.78, 5) is 0.155. The number of sulfonamides is 1. The highest BCUT2D eigenvalue weighted by Crippen LogP contribution is 2.29. The minimum atomic E-state index is -3.61. The zero-order valence-corrected chi connectivity index (χ0v) is 13.2. The first-order valence-electron chi connectivity index (χ1n) is 5.69. The number of nitrogens with two attached hydrogens (primary N) is 1. The molecule has 0 heterocycles. The summed E-state index contributed by atoms with van der Waals surface area (Å²) < 4.78 is 32.2. The lowest BCUT2D eigenvalue weighted by atomic mass is 10.1. The van der Waals surface area contributed by atoms with Crippen molar-refractivity contribution in [3.63, 3.8) is 0 Å². The van der Waals surface area contributed by atoms with Crippen molar-refractivity contribution < 1.29 is 13.2 Å². The number of ether oxygens (including phenoxy) is 1. The third kappa shape index (κ3) is 4.35. The SMILES string of the molecule is COc1c(C)cc(C)cc1S(=O)(=O)N[C@H](C)CN.Cl. The molecule has 0 unspecified atom stereocenters. The fraction of sp³-hybridized carbons (Fsp3) is 0.500. The van der Waals surface area contributed by atoms with E-state index >= 15 is 0 Å². The van der Waals surface area contributed by atoms with Crippen LogP contribution in [0.3, 0.4) is 0 Å². The first kappa shape index (κ1) is 18.2. The topological polar surface area (TPSA) is 81.4 Å². The molecule has 110 valence electrons. The van der Waals surface area contributed by atoms with Crippen LogP contribution in [0, 0.1) is 13.8 Å². The van der Waals surface area contributed by atoms with Crippen LogP contribution < -0.4 is 15.2 Å². The Morgan fingerprint density at radius 1 is 1.37 bits per heavy atom. The molecule has 0 bridgehead atoms. The van der Waals surface area contributed by atoms with Crippen LogP contribution in [0.25, 0.3) is 0 Å². The quantitative estimate of drug-likeness (QED) is 0.860. The lowest BCUT2D eigenvalue weighted by Gasteiger charge is -2.16. The van der Waals surface area contributed by atoms with Crippen molar-refractivity contribution >= 4 is 22.4 Å². The number of halogens is 1. The predicted octanol–water partition coefficient (Wildman–Crippen LogP) is 1.36. The number of benzene rings is 1. The molecule has 1 rings (SSSR count). The van der Waals surface area contributed by atoms with E-state index in [1.807, 2.05) is 19.9 Å². The Balaban J connectivity index is 0.00000324. The van der Waals surface area contributed by atoms with Crippen molar-refractivity contribution in [3.05, 3.63) is 23.3 Å². The minimum absolute atomic E-state index is 0. The molecule has 0 fully saturated rings. The normalized spacial score (nSPS) is 12.7. The van der Waals surface area contributed by atoms with E-state index in [0.717, 1.165) is 11.1 Å². The van der Waals surface area contributed by atoms with Crippen LogP contribution in [0.15, 0.2) is 17.0 Å². The molecule has 1 aromatic carbocycles. The van der Waals surface area contributed by atoms with Crippen LogP contribution in [-0.4, -0.2) is 28.1 Å². The van der Waals surface area contributed by atoms with Gasteiger partial charge in [-0.3, -0.25) is 0 Å². The molecule has 1 atom stereocenters. The van der Waals surface area contributed by atoms with Crippen molar-refractivity contribution in [1.29, 1.82) is 0 Å². The Hall–Kier alpha value is -0.820. The maximum atomic E-state index is 12.2. The van der Waals surface area contributed by atoms with Crippen LogP contribution in [-0.2, 0) is 10.0 Å². The summed E-state index contributed by atoms with van der Waals surface area (Å²) in [5.74, 6) is 0.373. The monoisotopic (exact) mass is 308 g/mol. The average Bonchev–Trinajstić information content (AvgIpc) is 2.27. The average molecular weight is 309 g/mol. The molecule has 0 saturated carbocycles. The van der Waals surface area contributed by atoms with Gasteiger partial charge in [-0.25, -0.2) is 13.1 Å². The van der Waals surface area contributed by atoms with Crippen LogP contribution >= 0.6 is 12.4 Å². The molecular weight excluding hydrogens is 288 g/mol. The van der Waals surface area contributed by atoms with Gasteiger partial charge in [-0.05, 0) is 38.0 Å². The Morgan fingerprint density at radius 2 is 1.95 bits per heavy atom. The van der Waals surface area contributed by atoms with E-state index in [2.05, 4.69) is 4.72 Å². The molecule has 3 N–H and O–H groups in total. The highest BCUT2D eigenvalue weighted by molar-refractivity contribution is 7.89. The number of hydrogen-bond donors (Lipinski definition) is 2. The second kappa shape index (κ2) is 7.09. The Kier molecular flexibility index (Phi) is 6.79. The van der Waals surface area contributed by atoms with Gasteiger partial charge in [-0.15, -0.1) is 12.4 Å². The number of hydrogen-bond acceptors (Lipinski definition) is 4. The van der Waals surface area contributed by atoms with Crippen LogP contribution in [0.5, 0.6) is 5.75 Å².